The summed E-state index contributed by atoms with van der Waals surface area (Å²) in [7, 11) is -5.78. The fourth-order valence-electron chi connectivity index (χ4n) is 5.05. The first-order chi connectivity index (χ1) is 20.3. The van der Waals surface area contributed by atoms with Crippen LogP contribution in [0.15, 0.2) is 25.3 Å². The maximum atomic E-state index is 13.0. The molecule has 0 radical (unpaired) electrons. The molecule has 3 aliphatic rings. The lowest BCUT2D eigenvalue weighted by Gasteiger charge is -2.17. The summed E-state index contributed by atoms with van der Waals surface area (Å²) in [6.45, 7) is -0.857. The zero-order valence-corrected chi connectivity index (χ0v) is 22.9. The zero-order chi connectivity index (χ0) is 29.1. The van der Waals surface area contributed by atoms with Gasteiger partial charge in [-0.15, -0.1) is 18.1 Å². The molecule has 3 saturated heterocycles. The average molecular weight is 624 g/mol. The molecule has 2 unspecified atom stereocenters. The van der Waals surface area contributed by atoms with Crippen LogP contribution in [-0.4, -0.2) is 99.1 Å². The number of nitrogens with zero attached hydrogens (tertiary/aromatic N) is 8. The van der Waals surface area contributed by atoms with Gasteiger partial charge in [-0.25, -0.2) is 29.9 Å². The van der Waals surface area contributed by atoms with E-state index in [1.54, 1.807) is 0 Å². The number of aromatic nitrogens is 8. The topological polar surface area (TPSA) is 269 Å². The fourth-order valence-corrected chi connectivity index (χ4v) is 6.59. The van der Waals surface area contributed by atoms with Crippen molar-refractivity contribution >= 4 is 50.5 Å². The van der Waals surface area contributed by atoms with Crippen molar-refractivity contribution in [1.29, 1.82) is 0 Å². The maximum Gasteiger partial charge on any atom is 0.698 e. The van der Waals surface area contributed by atoms with Gasteiger partial charge in [-0.3, -0.25) is 9.13 Å². The van der Waals surface area contributed by atoms with E-state index in [4.69, 9.17) is 39.0 Å². The summed E-state index contributed by atoms with van der Waals surface area (Å²) in [6.07, 6.45) is -4.67. The predicted molar refractivity (Wildman–Crippen MR) is 136 cm³/mol. The first-order valence-corrected chi connectivity index (χ1v) is 14.6. The second kappa shape index (κ2) is 10.7. The van der Waals surface area contributed by atoms with E-state index in [9.17, 15) is 19.3 Å². The maximum absolute atomic E-state index is 13.0. The highest BCUT2D eigenvalue weighted by Crippen LogP contribution is 2.44. The van der Waals surface area contributed by atoms with Gasteiger partial charge in [0.1, 0.15) is 61.3 Å². The molecule has 42 heavy (non-hydrogen) atoms. The Morgan fingerprint density at radius 3 is 1.86 bits per heavy atom. The molecule has 20 nitrogen and oxygen atoms in total. The Balaban J connectivity index is 1.15. The van der Waals surface area contributed by atoms with Crippen molar-refractivity contribution in [3.05, 3.63) is 25.3 Å². The van der Waals surface area contributed by atoms with Gasteiger partial charge in [0.05, 0.1) is 12.7 Å². The Morgan fingerprint density at radius 2 is 1.24 bits per heavy atom. The van der Waals surface area contributed by atoms with Crippen molar-refractivity contribution in [2.45, 2.75) is 49.1 Å². The number of anilines is 2. The molecule has 7 rings (SSSR count). The number of fused-ring (bicyclic) bond motifs is 5. The van der Waals surface area contributed by atoms with Gasteiger partial charge in [-0.05, 0) is 0 Å². The minimum atomic E-state index is -2.90. The minimum Gasteiger partial charge on any atom is -0.387 e. The molecule has 220 valence electrons. The monoisotopic (exact) mass is 624 g/mol. The van der Waals surface area contributed by atoms with Crippen molar-refractivity contribution < 1.29 is 46.9 Å². The molecule has 2 bridgehead atoms. The third kappa shape index (κ3) is 4.58. The number of ether oxygens (including phenoxy) is 2. The standard InChI is InChI=1S/C20H22N10O10P2/c21-15-9-17(25-3-23-15)29(5-27-9)19-12(32)13-8(38-19)2-36-42(34)40-14-11(31)7(1-35-41(33)39-13)37-20(14)30-6-28-10-16(22)24-4-26-18(10)30/h3-8,11-14,19-20,31-32H,1-2H2,(H2,21,23,25)(H2,22,24,26)/q+2/t7-,8-,11-,12-,13-,14-,19-,20-/m1/s1. The first kappa shape index (κ1) is 27.4. The molecule has 10 atom stereocenters. The Labute approximate surface area is 235 Å². The van der Waals surface area contributed by atoms with Gasteiger partial charge < -0.3 is 31.2 Å². The number of aliphatic hydroxyl groups excluding tert-OH is 2. The molecule has 0 saturated carbocycles. The highest BCUT2D eigenvalue weighted by atomic mass is 31.1. The van der Waals surface area contributed by atoms with E-state index in [1.807, 2.05) is 0 Å². The van der Waals surface area contributed by atoms with Crippen LogP contribution >= 0.6 is 16.5 Å². The van der Waals surface area contributed by atoms with Gasteiger partial charge >= 0.3 is 16.5 Å². The zero-order valence-electron chi connectivity index (χ0n) is 21.1. The van der Waals surface area contributed by atoms with Gasteiger partial charge in [-0.2, -0.15) is 0 Å². The summed E-state index contributed by atoms with van der Waals surface area (Å²) in [4.78, 5) is 24.5. The van der Waals surface area contributed by atoms with Gasteiger partial charge in [-0.1, -0.05) is 0 Å². The fraction of sp³-hybridized carbons (Fsp3) is 0.500. The number of imidazole rings is 2. The van der Waals surface area contributed by atoms with E-state index < -0.39 is 78.8 Å². The normalized spacial score (nSPS) is 34.2. The molecular formula is C20H22N10O10P2+2. The smallest absolute Gasteiger partial charge is 0.387 e. The first-order valence-electron chi connectivity index (χ1n) is 12.4. The van der Waals surface area contributed by atoms with Gasteiger partial charge in [0.15, 0.2) is 47.6 Å². The van der Waals surface area contributed by atoms with Crippen LogP contribution in [0, 0.1) is 0 Å². The van der Waals surface area contributed by atoms with Crippen LogP contribution in [0.2, 0.25) is 0 Å². The van der Waals surface area contributed by atoms with Crippen LogP contribution in [0.3, 0.4) is 0 Å². The van der Waals surface area contributed by atoms with Crippen LogP contribution in [0.4, 0.5) is 11.6 Å². The Morgan fingerprint density at radius 1 is 0.714 bits per heavy atom. The molecule has 4 aromatic heterocycles. The minimum absolute atomic E-state index is 0.117. The lowest BCUT2D eigenvalue weighted by atomic mass is 10.1. The summed E-state index contributed by atoms with van der Waals surface area (Å²) in [5, 5.41) is 22.1. The van der Waals surface area contributed by atoms with Gasteiger partial charge in [0.2, 0.25) is 0 Å². The Hall–Kier alpha value is -3.42. The average Bonchev–Trinajstić information content (AvgIpc) is 3.73. The van der Waals surface area contributed by atoms with Gasteiger partial charge in [0, 0.05) is 9.13 Å². The molecular weight excluding hydrogens is 602 g/mol. The summed E-state index contributed by atoms with van der Waals surface area (Å²) < 4.78 is 62.5. The third-order valence-corrected chi connectivity index (χ3v) is 8.60. The van der Waals surface area contributed by atoms with Crippen LogP contribution in [0.5, 0.6) is 0 Å². The molecule has 22 heteroatoms. The van der Waals surface area contributed by atoms with E-state index in [2.05, 4.69) is 29.9 Å². The molecule has 6 N–H and O–H groups in total. The molecule has 0 spiro atoms. The summed E-state index contributed by atoms with van der Waals surface area (Å²) in [6, 6.07) is 0. The van der Waals surface area contributed by atoms with Crippen molar-refractivity contribution in [1.82, 2.24) is 39.0 Å². The lowest BCUT2D eigenvalue weighted by molar-refractivity contribution is -0.0566. The summed E-state index contributed by atoms with van der Waals surface area (Å²) in [5.41, 5.74) is 12.8. The highest BCUT2D eigenvalue weighted by Gasteiger charge is 2.56. The van der Waals surface area contributed by atoms with E-state index in [-0.39, 0.29) is 34.0 Å². The summed E-state index contributed by atoms with van der Waals surface area (Å²) in [5.74, 6) is 0.238. The SMILES string of the molecule is Nc1ncnc2c1ncn2[C@@H]1O[C@@H]2CO[P+](=O)O[C@@H]3[C@H](O)[C@@H](CO[P+](=O)O[C@H]2[C@H]1O)O[C@H]3n1cnc2c(N)ncnc21. The molecule has 0 aliphatic carbocycles. The number of hydrogen-bond acceptors (Lipinski definition) is 18. The van der Waals surface area contributed by atoms with Crippen molar-refractivity contribution in [3.63, 3.8) is 0 Å². The molecule has 3 fully saturated rings. The Bertz CT molecular complexity index is 1690. The van der Waals surface area contributed by atoms with Crippen molar-refractivity contribution in [3.8, 4) is 0 Å². The second-order valence-electron chi connectivity index (χ2n) is 9.46. The predicted octanol–water partition coefficient (Wildman–Crippen LogP) is -0.521. The van der Waals surface area contributed by atoms with E-state index in [0.717, 1.165) is 0 Å². The summed E-state index contributed by atoms with van der Waals surface area (Å²) >= 11 is 0. The van der Waals surface area contributed by atoms with Crippen LogP contribution in [0.25, 0.3) is 22.3 Å². The highest BCUT2D eigenvalue weighted by molar-refractivity contribution is 7.33. The van der Waals surface area contributed by atoms with E-state index in [1.165, 1.54) is 34.4 Å². The molecule has 0 aromatic carbocycles. The molecule has 3 aliphatic heterocycles. The second-order valence-corrected chi connectivity index (χ2v) is 11.3. The third-order valence-electron chi connectivity index (χ3n) is 7.05. The Kier molecular flexibility index (Phi) is 6.98. The molecule has 7 heterocycles. The van der Waals surface area contributed by atoms with Gasteiger partial charge in [0.25, 0.3) is 0 Å². The lowest BCUT2D eigenvalue weighted by Crippen LogP contribution is -2.35. The van der Waals surface area contributed by atoms with Crippen LogP contribution in [0.1, 0.15) is 12.5 Å². The van der Waals surface area contributed by atoms with Crippen LogP contribution < -0.4 is 11.5 Å². The number of rotatable bonds is 2. The molecule has 0 amide bonds. The quantitative estimate of drug-likeness (QED) is 0.204. The van der Waals surface area contributed by atoms with E-state index >= 15 is 0 Å². The van der Waals surface area contributed by atoms with Crippen LogP contribution in [-0.2, 0) is 36.7 Å². The van der Waals surface area contributed by atoms with Crippen molar-refractivity contribution in [2.75, 3.05) is 24.7 Å². The van der Waals surface area contributed by atoms with E-state index in [0.29, 0.717) is 0 Å². The number of hydrogen-bond donors (Lipinski definition) is 4. The van der Waals surface area contributed by atoms with Crippen molar-refractivity contribution in [2.24, 2.45) is 0 Å². The molecule has 4 aromatic rings. The number of nitrogen functional groups attached to an aromatic ring is 2. The number of aliphatic hydroxyl groups is 2. The number of nitrogens with two attached hydrogens (primary N) is 2. The largest absolute Gasteiger partial charge is 0.698 e.